The number of amides is 3. The summed E-state index contributed by atoms with van der Waals surface area (Å²) in [6.07, 6.45) is 3.43. The maximum Gasteiger partial charge on any atom is 0.322 e. The maximum atomic E-state index is 12.8. The molecule has 1 aromatic carbocycles. The van der Waals surface area contributed by atoms with Gasteiger partial charge in [-0.25, -0.2) is 4.79 Å². The average molecular weight is 396 g/mol. The number of benzene rings is 1. The number of piperazine rings is 1. The van der Waals surface area contributed by atoms with E-state index in [1.54, 1.807) is 29.0 Å². The summed E-state index contributed by atoms with van der Waals surface area (Å²) in [5.41, 5.74) is 1.82. The van der Waals surface area contributed by atoms with Crippen LogP contribution in [0.25, 0.3) is 10.9 Å². The lowest BCUT2D eigenvalue weighted by atomic mass is 10.2. The molecule has 0 unspecified atom stereocenters. The molecule has 0 bridgehead atoms. The highest BCUT2D eigenvalue weighted by Crippen LogP contribution is 2.26. The Morgan fingerprint density at radius 1 is 1.07 bits per heavy atom. The second-order valence-electron chi connectivity index (χ2n) is 6.93. The highest BCUT2D eigenvalue weighted by molar-refractivity contribution is 6.01. The first-order chi connectivity index (χ1) is 14.2. The molecule has 3 aromatic rings. The van der Waals surface area contributed by atoms with Crippen molar-refractivity contribution < 1.29 is 18.7 Å². The summed E-state index contributed by atoms with van der Waals surface area (Å²) in [7, 11) is 1.67. The molecule has 1 N–H and O–H groups in total. The van der Waals surface area contributed by atoms with Crippen molar-refractivity contribution in [1.82, 2.24) is 14.4 Å². The number of fused-ring (bicyclic) bond motifs is 1. The van der Waals surface area contributed by atoms with Gasteiger partial charge in [0.1, 0.15) is 0 Å². The number of anilines is 1. The average Bonchev–Trinajstić information content (AvgIpc) is 3.41. The van der Waals surface area contributed by atoms with Gasteiger partial charge in [-0.15, -0.1) is 0 Å². The van der Waals surface area contributed by atoms with Crippen LogP contribution in [0.3, 0.4) is 0 Å². The number of carbonyl (C=O) groups is 2. The zero-order valence-corrected chi connectivity index (χ0v) is 16.3. The molecule has 8 heteroatoms. The second kappa shape index (κ2) is 8.40. The van der Waals surface area contributed by atoms with Gasteiger partial charge in [0, 0.05) is 51.4 Å². The Balaban J connectivity index is 1.41. The summed E-state index contributed by atoms with van der Waals surface area (Å²) in [4.78, 5) is 28.6. The summed E-state index contributed by atoms with van der Waals surface area (Å²) >= 11 is 0. The predicted molar refractivity (Wildman–Crippen MR) is 109 cm³/mol. The van der Waals surface area contributed by atoms with Crippen molar-refractivity contribution in [2.75, 3.05) is 45.2 Å². The number of furan rings is 1. The first-order valence-corrected chi connectivity index (χ1v) is 9.63. The Morgan fingerprint density at radius 2 is 1.83 bits per heavy atom. The molecule has 0 aliphatic carbocycles. The van der Waals surface area contributed by atoms with Crippen molar-refractivity contribution in [3.8, 4) is 0 Å². The molecular formula is C21H24N4O4. The number of para-hydroxylation sites is 1. The van der Waals surface area contributed by atoms with Crippen molar-refractivity contribution in [2.45, 2.75) is 6.54 Å². The van der Waals surface area contributed by atoms with E-state index in [2.05, 4.69) is 9.88 Å². The Hall–Kier alpha value is -3.26. The second-order valence-corrected chi connectivity index (χ2v) is 6.93. The van der Waals surface area contributed by atoms with Crippen molar-refractivity contribution in [3.05, 3.63) is 54.6 Å². The Kier molecular flexibility index (Phi) is 5.53. The van der Waals surface area contributed by atoms with Crippen LogP contribution >= 0.6 is 0 Å². The van der Waals surface area contributed by atoms with Crippen LogP contribution in [0.15, 0.2) is 53.3 Å². The summed E-state index contributed by atoms with van der Waals surface area (Å²) in [6.45, 7) is 3.20. The number of rotatable bonds is 5. The third-order valence-electron chi connectivity index (χ3n) is 5.15. The Bertz CT molecular complexity index is 987. The number of hydrogen-bond acceptors (Lipinski definition) is 4. The van der Waals surface area contributed by atoms with Gasteiger partial charge in [0.25, 0.3) is 5.91 Å². The van der Waals surface area contributed by atoms with Crippen LogP contribution in [0.1, 0.15) is 10.6 Å². The molecule has 29 heavy (non-hydrogen) atoms. The van der Waals surface area contributed by atoms with Crippen LogP contribution in [0, 0.1) is 0 Å². The smallest absolute Gasteiger partial charge is 0.322 e. The topological polar surface area (TPSA) is 80.0 Å². The number of nitrogens with one attached hydrogen (secondary N) is 1. The molecule has 1 aliphatic rings. The van der Waals surface area contributed by atoms with Crippen LogP contribution in [0.5, 0.6) is 0 Å². The maximum absolute atomic E-state index is 12.8. The molecule has 1 fully saturated rings. The fourth-order valence-electron chi connectivity index (χ4n) is 3.58. The fourth-order valence-corrected chi connectivity index (χ4v) is 3.58. The number of methoxy groups -OCH3 is 1. The van der Waals surface area contributed by atoms with Gasteiger partial charge in [0.05, 0.1) is 24.1 Å². The van der Waals surface area contributed by atoms with Crippen LogP contribution in [-0.2, 0) is 11.3 Å². The molecule has 2 aromatic heterocycles. The molecule has 1 saturated heterocycles. The third kappa shape index (κ3) is 3.97. The van der Waals surface area contributed by atoms with E-state index < -0.39 is 0 Å². The number of nitrogens with zero attached hydrogens (tertiary/aromatic N) is 3. The lowest BCUT2D eigenvalue weighted by Gasteiger charge is -2.34. The number of ether oxygens (including phenoxy) is 1. The van der Waals surface area contributed by atoms with Crippen molar-refractivity contribution in [3.63, 3.8) is 0 Å². The molecule has 8 nitrogen and oxygen atoms in total. The Labute approximate surface area is 168 Å². The lowest BCUT2D eigenvalue weighted by Crippen LogP contribution is -2.51. The molecule has 1 aliphatic heterocycles. The van der Waals surface area contributed by atoms with Gasteiger partial charge in [-0.2, -0.15) is 0 Å². The summed E-state index contributed by atoms with van der Waals surface area (Å²) in [5.74, 6) is 0.183. The molecule has 4 rings (SSSR count). The minimum absolute atomic E-state index is 0.142. The van der Waals surface area contributed by atoms with E-state index >= 15 is 0 Å². The van der Waals surface area contributed by atoms with E-state index in [0.29, 0.717) is 45.1 Å². The number of carbonyl (C=O) groups excluding carboxylic acids is 2. The van der Waals surface area contributed by atoms with Gasteiger partial charge < -0.3 is 28.8 Å². The van der Waals surface area contributed by atoms with E-state index in [-0.39, 0.29) is 11.9 Å². The molecule has 3 amide bonds. The highest BCUT2D eigenvalue weighted by atomic mass is 16.5. The molecule has 152 valence electrons. The van der Waals surface area contributed by atoms with Crippen LogP contribution in [-0.4, -0.2) is 66.2 Å². The van der Waals surface area contributed by atoms with Gasteiger partial charge in [-0.1, -0.05) is 18.2 Å². The molecule has 0 atom stereocenters. The first-order valence-electron chi connectivity index (χ1n) is 9.63. The molecule has 0 saturated carbocycles. The van der Waals surface area contributed by atoms with Crippen LogP contribution in [0.2, 0.25) is 0 Å². The van der Waals surface area contributed by atoms with E-state index in [1.807, 2.05) is 30.5 Å². The van der Waals surface area contributed by atoms with Crippen molar-refractivity contribution in [1.29, 1.82) is 0 Å². The van der Waals surface area contributed by atoms with Crippen molar-refractivity contribution >= 4 is 28.5 Å². The van der Waals surface area contributed by atoms with Gasteiger partial charge in [-0.3, -0.25) is 4.79 Å². The first kappa shape index (κ1) is 19.1. The quantitative estimate of drug-likeness (QED) is 0.719. The number of urea groups is 1. The summed E-state index contributed by atoms with van der Waals surface area (Å²) < 4.78 is 12.4. The standard InChI is InChI=1S/C21H24N4O4/c1-28-14-12-25-15-17(16-5-2-3-6-18(16)25)22-21(27)24-10-8-23(9-11-24)20(26)19-7-4-13-29-19/h2-7,13,15H,8-12,14H2,1H3,(H,22,27). The number of hydrogen-bond donors (Lipinski definition) is 1. The third-order valence-corrected chi connectivity index (χ3v) is 5.15. The molecule has 0 radical (unpaired) electrons. The van der Waals surface area contributed by atoms with Gasteiger partial charge in [0.15, 0.2) is 5.76 Å². The summed E-state index contributed by atoms with van der Waals surface area (Å²) in [5, 5.41) is 4.02. The highest BCUT2D eigenvalue weighted by Gasteiger charge is 2.26. The van der Waals surface area contributed by atoms with Gasteiger partial charge in [0.2, 0.25) is 0 Å². The normalized spacial score (nSPS) is 14.4. The number of aromatic nitrogens is 1. The minimum atomic E-state index is -0.162. The molecular weight excluding hydrogens is 372 g/mol. The fraction of sp³-hybridized carbons (Fsp3) is 0.333. The van der Waals surface area contributed by atoms with Crippen molar-refractivity contribution in [2.24, 2.45) is 0 Å². The van der Waals surface area contributed by atoms with E-state index in [0.717, 1.165) is 16.6 Å². The van der Waals surface area contributed by atoms with Crippen LogP contribution < -0.4 is 5.32 Å². The lowest BCUT2D eigenvalue weighted by molar-refractivity contribution is 0.0640. The monoisotopic (exact) mass is 396 g/mol. The van der Waals surface area contributed by atoms with E-state index in [4.69, 9.17) is 9.15 Å². The Morgan fingerprint density at radius 3 is 2.55 bits per heavy atom. The van der Waals surface area contributed by atoms with Gasteiger partial charge >= 0.3 is 6.03 Å². The molecule has 0 spiro atoms. The van der Waals surface area contributed by atoms with Crippen LogP contribution in [0.4, 0.5) is 10.5 Å². The van der Waals surface area contributed by atoms with E-state index in [9.17, 15) is 9.59 Å². The minimum Gasteiger partial charge on any atom is -0.459 e. The SMILES string of the molecule is COCCn1cc(NC(=O)N2CCN(C(=O)c3ccco3)CC2)c2ccccc21. The largest absolute Gasteiger partial charge is 0.459 e. The van der Waals surface area contributed by atoms with E-state index in [1.165, 1.54) is 6.26 Å². The van der Waals surface area contributed by atoms with Gasteiger partial charge in [-0.05, 0) is 18.2 Å². The summed E-state index contributed by atoms with van der Waals surface area (Å²) in [6, 6.07) is 11.1. The predicted octanol–water partition coefficient (Wildman–Crippen LogP) is 2.87. The zero-order chi connectivity index (χ0) is 20.2. The molecule has 3 heterocycles. The zero-order valence-electron chi connectivity index (χ0n) is 16.3.